The van der Waals surface area contributed by atoms with E-state index < -0.39 is 0 Å². The fraction of sp³-hybridized carbons (Fsp3) is 0.304. The van der Waals surface area contributed by atoms with Crippen LogP contribution in [0.3, 0.4) is 0 Å². The minimum atomic E-state index is -0.345. The van der Waals surface area contributed by atoms with E-state index in [1.54, 1.807) is 23.5 Å². The standard InChI is InChI=1S/C19H16ClNO2S.2C2H6/c1-12-6-7-13(9-17(12)20)8-16-11-24-18(21-16)14-4-3-5-15(10-14)19(22)23-2;2*1-2/h3-7,9-11H,8H2,1-2H3;2*1-2H3. The number of halogens is 1. The van der Waals surface area contributed by atoms with Gasteiger partial charge in [-0.3, -0.25) is 0 Å². The molecule has 0 unspecified atom stereocenters. The fourth-order valence-electron chi connectivity index (χ4n) is 2.37. The first-order chi connectivity index (χ1) is 13.6. The van der Waals surface area contributed by atoms with Crippen molar-refractivity contribution in [1.82, 2.24) is 4.98 Å². The Morgan fingerprint density at radius 1 is 1.11 bits per heavy atom. The first kappa shape index (κ1) is 23.9. The maximum absolute atomic E-state index is 11.7. The van der Waals surface area contributed by atoms with Crippen LogP contribution >= 0.6 is 22.9 Å². The zero-order valence-corrected chi connectivity index (χ0v) is 18.9. The van der Waals surface area contributed by atoms with E-state index in [2.05, 4.69) is 11.1 Å². The molecule has 3 rings (SSSR count). The van der Waals surface area contributed by atoms with E-state index in [0.29, 0.717) is 5.56 Å². The van der Waals surface area contributed by atoms with Gasteiger partial charge in [0, 0.05) is 22.4 Å². The summed E-state index contributed by atoms with van der Waals surface area (Å²) in [5.74, 6) is -0.345. The van der Waals surface area contributed by atoms with E-state index in [0.717, 1.165) is 38.8 Å². The van der Waals surface area contributed by atoms with Crippen LogP contribution in [-0.4, -0.2) is 18.1 Å². The Hall–Kier alpha value is -2.17. The van der Waals surface area contributed by atoms with Crippen molar-refractivity contribution in [1.29, 1.82) is 0 Å². The van der Waals surface area contributed by atoms with E-state index in [4.69, 9.17) is 16.3 Å². The Labute approximate surface area is 177 Å². The molecular weight excluding hydrogens is 390 g/mol. The minimum absolute atomic E-state index is 0.345. The molecule has 3 aromatic rings. The highest BCUT2D eigenvalue weighted by atomic mass is 35.5. The number of hydrogen-bond acceptors (Lipinski definition) is 4. The average molecular weight is 418 g/mol. The summed E-state index contributed by atoms with van der Waals surface area (Å²) < 4.78 is 4.76. The summed E-state index contributed by atoms with van der Waals surface area (Å²) in [5, 5.41) is 3.69. The van der Waals surface area contributed by atoms with Gasteiger partial charge in [0.1, 0.15) is 5.01 Å². The van der Waals surface area contributed by atoms with Crippen molar-refractivity contribution in [3.63, 3.8) is 0 Å². The molecule has 0 spiro atoms. The molecule has 0 saturated carbocycles. The van der Waals surface area contributed by atoms with Gasteiger partial charge in [-0.1, -0.05) is 63.6 Å². The first-order valence-corrected chi connectivity index (χ1v) is 10.7. The number of aromatic nitrogens is 1. The highest BCUT2D eigenvalue weighted by molar-refractivity contribution is 7.13. The van der Waals surface area contributed by atoms with Gasteiger partial charge in [-0.15, -0.1) is 11.3 Å². The third-order valence-electron chi connectivity index (χ3n) is 3.70. The summed E-state index contributed by atoms with van der Waals surface area (Å²) in [7, 11) is 1.38. The molecule has 0 aliphatic rings. The van der Waals surface area contributed by atoms with Crippen LogP contribution in [0.1, 0.15) is 54.9 Å². The Kier molecular flexibility index (Phi) is 10.5. The topological polar surface area (TPSA) is 39.2 Å². The van der Waals surface area contributed by atoms with Crippen molar-refractivity contribution in [3.05, 3.63) is 75.3 Å². The van der Waals surface area contributed by atoms with E-state index in [9.17, 15) is 4.79 Å². The summed E-state index contributed by atoms with van der Waals surface area (Å²) in [6, 6.07) is 13.4. The molecule has 150 valence electrons. The number of carbonyl (C=O) groups is 1. The molecule has 1 heterocycles. The van der Waals surface area contributed by atoms with Crippen LogP contribution in [0.2, 0.25) is 5.02 Å². The second-order valence-electron chi connectivity index (χ2n) is 5.48. The Morgan fingerprint density at radius 3 is 2.46 bits per heavy atom. The smallest absolute Gasteiger partial charge is 0.337 e. The van der Waals surface area contributed by atoms with Gasteiger partial charge in [-0.2, -0.15) is 0 Å². The zero-order valence-electron chi connectivity index (χ0n) is 17.4. The minimum Gasteiger partial charge on any atom is -0.465 e. The lowest BCUT2D eigenvalue weighted by Crippen LogP contribution is -2.00. The third kappa shape index (κ3) is 6.47. The number of methoxy groups -OCH3 is 1. The Bertz CT molecular complexity index is 890. The van der Waals surface area contributed by atoms with Crippen LogP contribution in [0.5, 0.6) is 0 Å². The summed E-state index contributed by atoms with van der Waals surface area (Å²) in [4.78, 5) is 16.3. The molecule has 1 aromatic heterocycles. The summed E-state index contributed by atoms with van der Waals surface area (Å²) in [5.41, 5.74) is 4.62. The summed E-state index contributed by atoms with van der Waals surface area (Å²) in [6.07, 6.45) is 0.729. The third-order valence-corrected chi connectivity index (χ3v) is 5.05. The number of esters is 1. The van der Waals surface area contributed by atoms with Crippen LogP contribution < -0.4 is 0 Å². The first-order valence-electron chi connectivity index (χ1n) is 9.45. The predicted molar refractivity (Wildman–Crippen MR) is 121 cm³/mol. The van der Waals surface area contributed by atoms with E-state index in [-0.39, 0.29) is 5.97 Å². The molecule has 0 amide bonds. The number of hydrogen-bond donors (Lipinski definition) is 0. The average Bonchev–Trinajstić information content (AvgIpc) is 3.22. The highest BCUT2D eigenvalue weighted by Crippen LogP contribution is 2.26. The van der Waals surface area contributed by atoms with Crippen LogP contribution in [0, 0.1) is 6.92 Å². The predicted octanol–water partition coefficient (Wildman–Crippen LogP) is 7.20. The number of thiazole rings is 1. The van der Waals surface area contributed by atoms with Crippen LogP contribution in [0.25, 0.3) is 10.6 Å². The molecule has 28 heavy (non-hydrogen) atoms. The van der Waals surface area contributed by atoms with Gasteiger partial charge >= 0.3 is 5.97 Å². The fourth-order valence-corrected chi connectivity index (χ4v) is 3.39. The van der Waals surface area contributed by atoms with Gasteiger partial charge in [-0.25, -0.2) is 9.78 Å². The number of carbonyl (C=O) groups excluding carboxylic acids is 1. The molecule has 0 aliphatic heterocycles. The van der Waals surface area contributed by atoms with Crippen molar-refractivity contribution in [2.75, 3.05) is 7.11 Å². The molecule has 0 saturated heterocycles. The second kappa shape index (κ2) is 12.3. The quantitative estimate of drug-likeness (QED) is 0.421. The lowest BCUT2D eigenvalue weighted by molar-refractivity contribution is 0.0601. The van der Waals surface area contributed by atoms with Crippen LogP contribution in [0.15, 0.2) is 47.8 Å². The second-order valence-corrected chi connectivity index (χ2v) is 6.74. The van der Waals surface area contributed by atoms with Crippen LogP contribution in [-0.2, 0) is 11.2 Å². The molecule has 0 aliphatic carbocycles. The molecule has 0 atom stereocenters. The van der Waals surface area contributed by atoms with Gasteiger partial charge in [0.25, 0.3) is 0 Å². The molecule has 5 heteroatoms. The number of rotatable bonds is 4. The number of aryl methyl sites for hydroxylation is 1. The SMILES string of the molecule is CC.CC.COC(=O)c1cccc(-c2nc(Cc3ccc(C)c(Cl)c3)cs2)c1. The maximum atomic E-state index is 11.7. The lowest BCUT2D eigenvalue weighted by atomic mass is 10.1. The Balaban J connectivity index is 0.000000921. The van der Waals surface area contributed by atoms with Crippen molar-refractivity contribution in [2.24, 2.45) is 0 Å². The molecular formula is C23H28ClNO2S. The number of nitrogens with zero attached hydrogens (tertiary/aromatic N) is 1. The van der Waals surface area contributed by atoms with Crippen molar-refractivity contribution in [3.8, 4) is 10.6 Å². The Morgan fingerprint density at radius 2 is 1.82 bits per heavy atom. The monoisotopic (exact) mass is 417 g/mol. The van der Waals surface area contributed by atoms with Gasteiger partial charge < -0.3 is 4.74 Å². The molecule has 3 nitrogen and oxygen atoms in total. The van der Waals surface area contributed by atoms with Gasteiger partial charge in [-0.05, 0) is 36.2 Å². The molecule has 0 fully saturated rings. The van der Waals surface area contributed by atoms with Crippen LogP contribution in [0.4, 0.5) is 0 Å². The van der Waals surface area contributed by atoms with E-state index in [1.807, 2.05) is 64.3 Å². The maximum Gasteiger partial charge on any atom is 0.337 e. The summed E-state index contributed by atoms with van der Waals surface area (Å²) in [6.45, 7) is 9.99. The van der Waals surface area contributed by atoms with Gasteiger partial charge in [0.15, 0.2) is 0 Å². The molecule has 0 radical (unpaired) electrons. The van der Waals surface area contributed by atoms with Crippen molar-refractivity contribution in [2.45, 2.75) is 41.0 Å². The van der Waals surface area contributed by atoms with E-state index >= 15 is 0 Å². The summed E-state index contributed by atoms with van der Waals surface area (Å²) >= 11 is 7.74. The normalized spacial score (nSPS) is 9.54. The largest absolute Gasteiger partial charge is 0.465 e. The molecule has 2 aromatic carbocycles. The molecule has 0 bridgehead atoms. The number of benzene rings is 2. The van der Waals surface area contributed by atoms with Crippen molar-refractivity contribution >= 4 is 28.9 Å². The van der Waals surface area contributed by atoms with Crippen molar-refractivity contribution < 1.29 is 9.53 Å². The highest BCUT2D eigenvalue weighted by Gasteiger charge is 2.10. The molecule has 0 N–H and O–H groups in total. The van der Waals surface area contributed by atoms with Gasteiger partial charge in [0.2, 0.25) is 0 Å². The van der Waals surface area contributed by atoms with Gasteiger partial charge in [0.05, 0.1) is 18.4 Å². The van der Waals surface area contributed by atoms with E-state index in [1.165, 1.54) is 7.11 Å². The lowest BCUT2D eigenvalue weighted by Gasteiger charge is -2.03. The zero-order chi connectivity index (χ0) is 21.1. The number of ether oxygens (including phenoxy) is 1.